The Hall–Kier alpha value is -2.91. The van der Waals surface area contributed by atoms with Crippen molar-refractivity contribution >= 4 is 17.7 Å². The number of anilines is 1. The standard InChI is InChI=1S/C19H21F9N2O5/c1-5-34-13(31)15(33,17(20,21)22)11-6-7-12(10(4)8-11)29-16(18(23,24)25,19(26,27)28)30-14(32)35-9(2)3/h6-9,29,33H,5H2,1-4H3,(H,30,32)/t15-/m1/s1. The predicted molar refractivity (Wildman–Crippen MR) is 101 cm³/mol. The van der Waals surface area contributed by atoms with Gasteiger partial charge in [0.15, 0.2) is 0 Å². The third kappa shape index (κ3) is 6.02. The molecule has 3 N–H and O–H groups in total. The van der Waals surface area contributed by atoms with E-state index < -0.39 is 71.4 Å². The maximum Gasteiger partial charge on any atom is 0.439 e. The lowest BCUT2D eigenvalue weighted by Crippen LogP contribution is -2.72. The second kappa shape index (κ2) is 9.99. The summed E-state index contributed by atoms with van der Waals surface area (Å²) in [6, 6.07) is 0.961. The van der Waals surface area contributed by atoms with Gasteiger partial charge in [-0.1, -0.05) is 12.1 Å². The third-order valence-electron chi connectivity index (χ3n) is 4.43. The first-order chi connectivity index (χ1) is 15.6. The Morgan fingerprint density at radius 1 is 0.971 bits per heavy atom. The van der Waals surface area contributed by atoms with E-state index in [1.807, 2.05) is 0 Å². The van der Waals surface area contributed by atoms with Gasteiger partial charge in [0, 0.05) is 11.3 Å². The summed E-state index contributed by atoms with van der Waals surface area (Å²) in [6.45, 7) is 3.68. The van der Waals surface area contributed by atoms with Gasteiger partial charge in [0.25, 0.3) is 5.60 Å². The molecule has 200 valence electrons. The number of esters is 1. The fraction of sp³-hybridized carbons (Fsp3) is 0.579. The van der Waals surface area contributed by atoms with Crippen LogP contribution in [0.5, 0.6) is 0 Å². The van der Waals surface area contributed by atoms with Crippen molar-refractivity contribution in [1.29, 1.82) is 0 Å². The number of hydrogen-bond acceptors (Lipinski definition) is 6. The van der Waals surface area contributed by atoms with Crippen LogP contribution in [0.25, 0.3) is 0 Å². The highest BCUT2D eigenvalue weighted by molar-refractivity contribution is 5.82. The van der Waals surface area contributed by atoms with Gasteiger partial charge in [-0.15, -0.1) is 0 Å². The third-order valence-corrected chi connectivity index (χ3v) is 4.43. The molecule has 0 aliphatic rings. The first-order valence-corrected chi connectivity index (χ1v) is 9.62. The molecule has 0 spiro atoms. The van der Waals surface area contributed by atoms with Crippen LogP contribution in [0.15, 0.2) is 18.2 Å². The zero-order valence-corrected chi connectivity index (χ0v) is 18.5. The number of aryl methyl sites for hydroxylation is 1. The van der Waals surface area contributed by atoms with E-state index in [2.05, 4.69) is 9.47 Å². The van der Waals surface area contributed by atoms with Crippen molar-refractivity contribution in [3.63, 3.8) is 0 Å². The molecular weight excluding hydrogens is 507 g/mol. The topological polar surface area (TPSA) is 96.9 Å². The Bertz CT molecular complexity index is 915. The van der Waals surface area contributed by atoms with Gasteiger partial charge >= 0.3 is 36.3 Å². The summed E-state index contributed by atoms with van der Waals surface area (Å²) in [5.74, 6) is -2.16. The van der Waals surface area contributed by atoms with Gasteiger partial charge in [-0.25, -0.2) is 9.59 Å². The minimum Gasteiger partial charge on any atom is -0.463 e. The van der Waals surface area contributed by atoms with Gasteiger partial charge in [0.1, 0.15) is 0 Å². The van der Waals surface area contributed by atoms with Crippen LogP contribution in [0.4, 0.5) is 50.0 Å². The fourth-order valence-corrected chi connectivity index (χ4v) is 2.74. The molecule has 0 aliphatic heterocycles. The van der Waals surface area contributed by atoms with E-state index >= 15 is 0 Å². The monoisotopic (exact) mass is 528 g/mol. The van der Waals surface area contributed by atoms with Gasteiger partial charge in [-0.3, -0.25) is 5.32 Å². The number of hydrogen-bond donors (Lipinski definition) is 3. The number of alkyl carbamates (subject to hydrolysis) is 1. The Labute approximate surface area is 192 Å². The Morgan fingerprint density at radius 3 is 1.86 bits per heavy atom. The van der Waals surface area contributed by atoms with Crippen LogP contribution in [0, 0.1) is 6.92 Å². The smallest absolute Gasteiger partial charge is 0.439 e. The number of amides is 1. The maximum absolute atomic E-state index is 13.7. The van der Waals surface area contributed by atoms with Crippen LogP contribution < -0.4 is 10.6 Å². The Morgan fingerprint density at radius 2 is 1.49 bits per heavy atom. The van der Waals surface area contributed by atoms with E-state index in [0.717, 1.165) is 33.0 Å². The molecule has 1 atom stereocenters. The summed E-state index contributed by atoms with van der Waals surface area (Å²) in [5, 5.41) is 11.8. The molecule has 0 heterocycles. The summed E-state index contributed by atoms with van der Waals surface area (Å²) in [7, 11) is 0. The van der Waals surface area contributed by atoms with Crippen LogP contribution in [-0.2, 0) is 19.9 Å². The van der Waals surface area contributed by atoms with Crippen molar-refractivity contribution in [3.05, 3.63) is 29.3 Å². The van der Waals surface area contributed by atoms with Crippen LogP contribution in [0.3, 0.4) is 0 Å². The van der Waals surface area contributed by atoms with E-state index in [1.165, 1.54) is 0 Å². The normalized spacial score (nSPS) is 14.8. The second-order valence-electron chi connectivity index (χ2n) is 7.41. The van der Waals surface area contributed by atoms with Crippen LogP contribution in [0.2, 0.25) is 0 Å². The summed E-state index contributed by atoms with van der Waals surface area (Å²) in [4.78, 5) is 23.5. The molecule has 0 saturated heterocycles. The van der Waals surface area contributed by atoms with Crippen LogP contribution in [-0.4, -0.2) is 54.1 Å². The molecular formula is C19H21F9N2O5. The molecule has 0 bridgehead atoms. The molecule has 1 amide bonds. The van der Waals surface area contributed by atoms with Crippen molar-refractivity contribution in [2.45, 2.75) is 63.6 Å². The molecule has 0 fully saturated rings. The zero-order chi connectivity index (χ0) is 27.6. The molecule has 0 radical (unpaired) electrons. The van der Waals surface area contributed by atoms with Crippen molar-refractivity contribution in [2.24, 2.45) is 0 Å². The second-order valence-corrected chi connectivity index (χ2v) is 7.41. The number of halogens is 9. The molecule has 7 nitrogen and oxygen atoms in total. The average molecular weight is 528 g/mol. The lowest BCUT2D eigenvalue weighted by atomic mass is 9.91. The minimum atomic E-state index is -6.23. The molecule has 1 rings (SSSR count). The van der Waals surface area contributed by atoms with Crippen molar-refractivity contribution in [1.82, 2.24) is 5.32 Å². The number of aliphatic hydroxyl groups is 1. The van der Waals surface area contributed by atoms with Crippen molar-refractivity contribution < 1.29 is 63.7 Å². The quantitative estimate of drug-likeness (QED) is 0.270. The molecule has 0 aliphatic carbocycles. The first kappa shape index (κ1) is 30.1. The van der Waals surface area contributed by atoms with Gasteiger partial charge in [0.05, 0.1) is 12.7 Å². The van der Waals surface area contributed by atoms with E-state index in [4.69, 9.17) is 0 Å². The summed E-state index contributed by atoms with van der Waals surface area (Å²) < 4.78 is 131. The number of nitrogens with one attached hydrogen (secondary N) is 2. The molecule has 1 aromatic rings. The van der Waals surface area contributed by atoms with Crippen molar-refractivity contribution in [3.8, 4) is 0 Å². The first-order valence-electron chi connectivity index (χ1n) is 9.62. The largest absolute Gasteiger partial charge is 0.463 e. The molecule has 1 aromatic carbocycles. The zero-order valence-electron chi connectivity index (χ0n) is 18.5. The molecule has 0 unspecified atom stereocenters. The van der Waals surface area contributed by atoms with Gasteiger partial charge in [-0.05, 0) is 39.3 Å². The van der Waals surface area contributed by atoms with Gasteiger partial charge < -0.3 is 19.9 Å². The molecule has 16 heteroatoms. The number of alkyl halides is 9. The predicted octanol–water partition coefficient (Wildman–Crippen LogP) is 4.68. The van der Waals surface area contributed by atoms with E-state index in [1.54, 1.807) is 0 Å². The summed E-state index contributed by atoms with van der Waals surface area (Å²) in [5.41, 5.74) is -12.4. The lowest BCUT2D eigenvalue weighted by Gasteiger charge is -2.39. The summed E-state index contributed by atoms with van der Waals surface area (Å²) >= 11 is 0. The van der Waals surface area contributed by atoms with E-state index in [-0.39, 0.29) is 6.07 Å². The van der Waals surface area contributed by atoms with Gasteiger partial charge in [0.2, 0.25) is 0 Å². The maximum atomic E-state index is 13.7. The summed E-state index contributed by atoms with van der Waals surface area (Å²) in [6.07, 6.45) is -21.3. The number of benzene rings is 1. The number of rotatable bonds is 7. The highest BCUT2D eigenvalue weighted by Crippen LogP contribution is 2.45. The highest BCUT2D eigenvalue weighted by Gasteiger charge is 2.73. The lowest BCUT2D eigenvalue weighted by molar-refractivity contribution is -0.295. The highest BCUT2D eigenvalue weighted by atomic mass is 19.4. The minimum absolute atomic E-state index is 0.281. The van der Waals surface area contributed by atoms with Crippen LogP contribution >= 0.6 is 0 Å². The molecule has 0 aromatic heterocycles. The number of carbonyl (C=O) groups excluding carboxylic acids is 2. The fourth-order valence-electron chi connectivity index (χ4n) is 2.74. The van der Waals surface area contributed by atoms with Crippen molar-refractivity contribution in [2.75, 3.05) is 11.9 Å². The number of ether oxygens (including phenoxy) is 2. The Kier molecular flexibility index (Phi) is 8.59. The van der Waals surface area contributed by atoms with Gasteiger partial charge in [-0.2, -0.15) is 39.5 Å². The van der Waals surface area contributed by atoms with Crippen LogP contribution in [0.1, 0.15) is 31.9 Å². The SMILES string of the molecule is CCOC(=O)[C@](O)(c1ccc(NC(NC(=O)OC(C)C)(C(F)(F)F)C(F)(F)F)c(C)c1)C(F)(F)F. The van der Waals surface area contributed by atoms with E-state index in [0.29, 0.717) is 17.4 Å². The number of carbonyl (C=O) groups is 2. The Balaban J connectivity index is 3.65. The van der Waals surface area contributed by atoms with E-state index in [9.17, 15) is 54.2 Å². The average Bonchev–Trinajstić information content (AvgIpc) is 2.64. The molecule has 35 heavy (non-hydrogen) atoms. The molecule has 0 saturated carbocycles.